The minimum Gasteiger partial charge on any atom is -0.493 e. The van der Waals surface area contributed by atoms with Crippen LogP contribution in [0.2, 0.25) is 0 Å². The van der Waals surface area contributed by atoms with Crippen LogP contribution in [0, 0.1) is 0 Å². The Morgan fingerprint density at radius 2 is 1.71 bits per heavy atom. The molecule has 0 spiro atoms. The number of fused-ring (bicyclic) bond motifs is 2. The van der Waals surface area contributed by atoms with Gasteiger partial charge in [0.2, 0.25) is 5.76 Å². The van der Waals surface area contributed by atoms with E-state index in [2.05, 4.69) is 0 Å². The fourth-order valence-electron chi connectivity index (χ4n) is 4.49. The predicted octanol–water partition coefficient (Wildman–Crippen LogP) is 5.34. The van der Waals surface area contributed by atoms with Crippen LogP contribution < -0.4 is 14.9 Å². The van der Waals surface area contributed by atoms with Crippen LogP contribution in [0.15, 0.2) is 82.0 Å². The van der Waals surface area contributed by atoms with Crippen molar-refractivity contribution in [3.63, 3.8) is 0 Å². The van der Waals surface area contributed by atoms with E-state index in [0.29, 0.717) is 41.2 Å². The van der Waals surface area contributed by atoms with Crippen LogP contribution in [-0.2, 0) is 6.61 Å². The summed E-state index contributed by atoms with van der Waals surface area (Å²) in [5, 5.41) is 0.465. The third-order valence-electron chi connectivity index (χ3n) is 6.08. The van der Waals surface area contributed by atoms with E-state index in [4.69, 9.17) is 13.9 Å². The first-order valence-electron chi connectivity index (χ1n) is 11.3. The molecule has 4 aromatic rings. The summed E-state index contributed by atoms with van der Waals surface area (Å²) in [4.78, 5) is 28.5. The minimum absolute atomic E-state index is 0.116. The first-order valence-corrected chi connectivity index (χ1v) is 11.3. The summed E-state index contributed by atoms with van der Waals surface area (Å²) in [5.74, 6) is 0.974. The molecular formula is C28H25NO5. The Balaban J connectivity index is 1.57. The number of hydrogen-bond acceptors (Lipinski definition) is 5. The third-order valence-corrected chi connectivity index (χ3v) is 6.08. The summed E-state index contributed by atoms with van der Waals surface area (Å²) in [6.45, 7) is 2.90. The first-order chi connectivity index (χ1) is 16.6. The molecule has 0 saturated heterocycles. The molecule has 0 N–H and O–H groups in total. The van der Waals surface area contributed by atoms with E-state index in [-0.39, 0.29) is 17.1 Å². The SMILES string of the molecule is CCCN1C(=O)c2oc3ccccc3c(=O)c2[C@@H]1c1ccc(OCc2ccccc2)c(OC)c1. The van der Waals surface area contributed by atoms with Gasteiger partial charge in [0.15, 0.2) is 16.9 Å². The van der Waals surface area contributed by atoms with Crippen LogP contribution in [0.5, 0.6) is 11.5 Å². The fraction of sp³-hybridized carbons (Fsp3) is 0.214. The standard InChI is InChI=1S/C28H25NO5/c1-3-15-29-25(24-26(30)20-11-7-8-12-21(20)34-27(24)28(29)31)19-13-14-22(23(16-19)32-2)33-17-18-9-5-4-6-10-18/h4-14,16,25H,3,15,17H2,1-2H3/t25-/m0/s1. The Kier molecular flexibility index (Phi) is 5.80. The zero-order valence-corrected chi connectivity index (χ0v) is 19.1. The van der Waals surface area contributed by atoms with Crippen LogP contribution in [-0.4, -0.2) is 24.5 Å². The van der Waals surface area contributed by atoms with Gasteiger partial charge in [-0.25, -0.2) is 0 Å². The zero-order chi connectivity index (χ0) is 23.7. The van der Waals surface area contributed by atoms with Crippen molar-refractivity contribution in [2.75, 3.05) is 13.7 Å². The highest BCUT2D eigenvalue weighted by atomic mass is 16.5. The predicted molar refractivity (Wildman–Crippen MR) is 129 cm³/mol. The van der Waals surface area contributed by atoms with Gasteiger partial charge in [-0.05, 0) is 41.8 Å². The highest BCUT2D eigenvalue weighted by molar-refractivity contribution is 5.99. The molecular weight excluding hydrogens is 430 g/mol. The third kappa shape index (κ3) is 3.71. The number of nitrogens with zero attached hydrogens (tertiary/aromatic N) is 1. The molecule has 0 radical (unpaired) electrons. The highest BCUT2D eigenvalue weighted by Gasteiger charge is 2.42. The summed E-state index contributed by atoms with van der Waals surface area (Å²) < 4.78 is 17.6. The summed E-state index contributed by atoms with van der Waals surface area (Å²) >= 11 is 0. The smallest absolute Gasteiger partial charge is 0.290 e. The molecule has 172 valence electrons. The van der Waals surface area contributed by atoms with E-state index in [1.54, 1.807) is 36.3 Å². The van der Waals surface area contributed by atoms with Gasteiger partial charge in [-0.3, -0.25) is 9.59 Å². The van der Waals surface area contributed by atoms with Crippen LogP contribution in [0.4, 0.5) is 0 Å². The molecule has 34 heavy (non-hydrogen) atoms. The van der Waals surface area contributed by atoms with Crippen molar-refractivity contribution in [3.8, 4) is 11.5 Å². The largest absolute Gasteiger partial charge is 0.493 e. The van der Waals surface area contributed by atoms with Gasteiger partial charge in [0.05, 0.1) is 24.1 Å². The number of carbonyl (C=O) groups is 1. The normalized spacial score (nSPS) is 14.9. The van der Waals surface area contributed by atoms with Crippen molar-refractivity contribution in [2.45, 2.75) is 26.0 Å². The van der Waals surface area contributed by atoms with Crippen LogP contribution in [0.25, 0.3) is 11.0 Å². The van der Waals surface area contributed by atoms with E-state index in [0.717, 1.165) is 17.5 Å². The van der Waals surface area contributed by atoms with Gasteiger partial charge in [0.25, 0.3) is 5.91 Å². The molecule has 1 aliphatic rings. The van der Waals surface area contributed by atoms with E-state index in [9.17, 15) is 9.59 Å². The molecule has 1 aliphatic heterocycles. The molecule has 0 aliphatic carbocycles. The molecule has 2 heterocycles. The first kappa shape index (κ1) is 21.8. The molecule has 3 aromatic carbocycles. The number of benzene rings is 3. The molecule has 1 atom stereocenters. The Morgan fingerprint density at radius 1 is 0.941 bits per heavy atom. The molecule has 1 amide bonds. The fourth-order valence-corrected chi connectivity index (χ4v) is 4.49. The Hall–Kier alpha value is -4.06. The molecule has 0 bridgehead atoms. The van der Waals surface area contributed by atoms with Gasteiger partial charge in [-0.15, -0.1) is 0 Å². The second-order valence-corrected chi connectivity index (χ2v) is 8.26. The number of amides is 1. The van der Waals surface area contributed by atoms with Crippen molar-refractivity contribution in [2.24, 2.45) is 0 Å². The van der Waals surface area contributed by atoms with Crippen LogP contribution in [0.1, 0.15) is 46.6 Å². The van der Waals surface area contributed by atoms with Crippen molar-refractivity contribution in [1.82, 2.24) is 4.90 Å². The second kappa shape index (κ2) is 9.06. The van der Waals surface area contributed by atoms with E-state index in [1.165, 1.54) is 0 Å². The number of rotatable bonds is 7. The lowest BCUT2D eigenvalue weighted by Gasteiger charge is -2.25. The van der Waals surface area contributed by atoms with Crippen molar-refractivity contribution in [1.29, 1.82) is 0 Å². The molecule has 0 saturated carbocycles. The summed E-state index contributed by atoms with van der Waals surface area (Å²) in [6, 6.07) is 21.9. The molecule has 0 fully saturated rings. The van der Waals surface area contributed by atoms with Gasteiger partial charge in [-0.1, -0.05) is 55.5 Å². The Morgan fingerprint density at radius 3 is 2.47 bits per heavy atom. The molecule has 6 heteroatoms. The number of hydrogen-bond donors (Lipinski definition) is 0. The maximum absolute atomic E-state index is 13.5. The number of methoxy groups -OCH3 is 1. The summed E-state index contributed by atoms with van der Waals surface area (Å²) in [6.07, 6.45) is 0.749. The maximum Gasteiger partial charge on any atom is 0.290 e. The van der Waals surface area contributed by atoms with E-state index in [1.807, 2.05) is 55.5 Å². The van der Waals surface area contributed by atoms with Crippen molar-refractivity contribution >= 4 is 16.9 Å². The summed E-state index contributed by atoms with van der Waals surface area (Å²) in [5.41, 5.74) is 2.42. The van der Waals surface area contributed by atoms with Gasteiger partial charge in [0, 0.05) is 6.54 Å². The lowest BCUT2D eigenvalue weighted by molar-refractivity contribution is 0.0728. The van der Waals surface area contributed by atoms with Crippen molar-refractivity contribution < 1.29 is 18.7 Å². The molecule has 0 unspecified atom stereocenters. The average molecular weight is 456 g/mol. The zero-order valence-electron chi connectivity index (χ0n) is 19.1. The highest BCUT2D eigenvalue weighted by Crippen LogP contribution is 2.41. The summed E-state index contributed by atoms with van der Waals surface area (Å²) in [7, 11) is 1.58. The second-order valence-electron chi connectivity index (χ2n) is 8.26. The molecule has 1 aromatic heterocycles. The van der Waals surface area contributed by atoms with E-state index >= 15 is 0 Å². The molecule has 5 rings (SSSR count). The Labute approximate surface area is 197 Å². The monoisotopic (exact) mass is 455 g/mol. The van der Waals surface area contributed by atoms with Crippen molar-refractivity contribution in [3.05, 3.63) is 105 Å². The number of carbonyl (C=O) groups excluding carboxylic acids is 1. The lowest BCUT2D eigenvalue weighted by Crippen LogP contribution is -2.30. The van der Waals surface area contributed by atoms with Gasteiger partial charge < -0.3 is 18.8 Å². The van der Waals surface area contributed by atoms with E-state index < -0.39 is 6.04 Å². The minimum atomic E-state index is -0.555. The van der Waals surface area contributed by atoms with Crippen LogP contribution in [0.3, 0.4) is 0 Å². The van der Waals surface area contributed by atoms with Gasteiger partial charge in [0.1, 0.15) is 12.2 Å². The Bertz CT molecular complexity index is 1410. The lowest BCUT2D eigenvalue weighted by atomic mass is 9.98. The van der Waals surface area contributed by atoms with Crippen LogP contribution >= 0.6 is 0 Å². The molecule has 6 nitrogen and oxygen atoms in total. The maximum atomic E-state index is 13.5. The van der Waals surface area contributed by atoms with Gasteiger partial charge in [-0.2, -0.15) is 0 Å². The number of ether oxygens (including phenoxy) is 2. The quantitative estimate of drug-likeness (QED) is 0.376. The number of para-hydroxylation sites is 1. The van der Waals surface area contributed by atoms with Gasteiger partial charge >= 0.3 is 0 Å². The average Bonchev–Trinajstić information content (AvgIpc) is 3.15. The topological polar surface area (TPSA) is 69.0 Å².